The molecule has 2 aliphatic rings. The highest BCUT2D eigenvalue weighted by atomic mass is 16.5. The fourth-order valence-electron chi connectivity index (χ4n) is 5.09. The van der Waals surface area contributed by atoms with Crippen LogP contribution in [0.25, 0.3) is 11.1 Å². The van der Waals surface area contributed by atoms with Crippen molar-refractivity contribution < 1.29 is 4.74 Å². The van der Waals surface area contributed by atoms with E-state index in [-0.39, 0.29) is 6.04 Å². The molecular weight excluding hydrogens is 438 g/mol. The maximum Gasteiger partial charge on any atom is 0.225 e. The summed E-state index contributed by atoms with van der Waals surface area (Å²) in [7, 11) is 5.68. The van der Waals surface area contributed by atoms with Crippen molar-refractivity contribution in [2.24, 2.45) is 0 Å². The highest BCUT2D eigenvalue weighted by Crippen LogP contribution is 2.37. The van der Waals surface area contributed by atoms with E-state index < -0.39 is 0 Å². The zero-order chi connectivity index (χ0) is 24.2. The first-order valence-corrected chi connectivity index (χ1v) is 12.6. The number of nitrogens with zero attached hydrogens (tertiary/aromatic N) is 7. The summed E-state index contributed by atoms with van der Waals surface area (Å²) < 4.78 is 5.37. The predicted molar refractivity (Wildman–Crippen MR) is 139 cm³/mol. The van der Waals surface area contributed by atoms with Gasteiger partial charge in [0.15, 0.2) is 0 Å². The number of ether oxygens (including phenoxy) is 1. The maximum absolute atomic E-state index is 5.37. The maximum atomic E-state index is 5.37. The molecule has 0 amide bonds. The number of hydrogen-bond donors (Lipinski definition) is 0. The molecule has 1 atom stereocenters. The summed E-state index contributed by atoms with van der Waals surface area (Å²) in [6.45, 7) is 3.92. The third-order valence-electron chi connectivity index (χ3n) is 6.99. The number of anilines is 2. The number of aromatic nitrogens is 4. The monoisotopic (exact) mass is 473 g/mol. The van der Waals surface area contributed by atoms with Gasteiger partial charge in [-0.1, -0.05) is 18.6 Å². The van der Waals surface area contributed by atoms with E-state index in [0.29, 0.717) is 0 Å². The summed E-state index contributed by atoms with van der Waals surface area (Å²) in [5.74, 6) is 2.45. The molecule has 2 aliphatic heterocycles. The molecule has 3 aromatic rings. The fraction of sp³-hybridized carbons (Fsp3) is 0.481. The Hall–Kier alpha value is -3.26. The van der Waals surface area contributed by atoms with Crippen LogP contribution in [0.1, 0.15) is 49.5 Å². The Bertz CT molecular complexity index is 1130. The number of benzene rings is 1. The molecule has 8 nitrogen and oxygen atoms in total. The number of rotatable bonds is 7. The van der Waals surface area contributed by atoms with Gasteiger partial charge in [0.2, 0.25) is 11.9 Å². The molecule has 0 bridgehead atoms. The lowest BCUT2D eigenvalue weighted by atomic mass is 9.93. The highest BCUT2D eigenvalue weighted by molar-refractivity contribution is 5.67. The lowest BCUT2D eigenvalue weighted by Crippen LogP contribution is -2.34. The van der Waals surface area contributed by atoms with E-state index in [4.69, 9.17) is 14.7 Å². The smallest absolute Gasteiger partial charge is 0.225 e. The first-order valence-electron chi connectivity index (χ1n) is 12.6. The number of methoxy groups -OCH3 is 1. The van der Waals surface area contributed by atoms with Crippen molar-refractivity contribution in [2.75, 3.05) is 50.6 Å². The van der Waals surface area contributed by atoms with Crippen LogP contribution < -0.4 is 14.5 Å². The van der Waals surface area contributed by atoms with Crippen LogP contribution in [0, 0.1) is 0 Å². The first kappa shape index (κ1) is 23.5. The van der Waals surface area contributed by atoms with Crippen molar-refractivity contribution >= 4 is 11.9 Å². The van der Waals surface area contributed by atoms with Crippen molar-refractivity contribution in [2.45, 2.75) is 44.7 Å². The van der Waals surface area contributed by atoms with Gasteiger partial charge in [0.25, 0.3) is 0 Å². The Balaban J connectivity index is 1.47. The molecule has 0 unspecified atom stereocenters. The first-order chi connectivity index (χ1) is 17.1. The van der Waals surface area contributed by atoms with Gasteiger partial charge >= 0.3 is 0 Å². The summed E-state index contributed by atoms with van der Waals surface area (Å²) in [4.78, 5) is 26.0. The molecule has 0 aliphatic carbocycles. The van der Waals surface area contributed by atoms with E-state index in [9.17, 15) is 0 Å². The van der Waals surface area contributed by atoms with Gasteiger partial charge < -0.3 is 14.5 Å². The molecule has 4 heterocycles. The zero-order valence-electron chi connectivity index (χ0n) is 21.0. The molecule has 8 heteroatoms. The summed E-state index contributed by atoms with van der Waals surface area (Å²) in [5.41, 5.74) is 4.34. The second kappa shape index (κ2) is 10.6. The average molecular weight is 474 g/mol. The van der Waals surface area contributed by atoms with Crippen molar-refractivity contribution in [1.82, 2.24) is 24.8 Å². The molecule has 35 heavy (non-hydrogen) atoms. The number of hydrogen-bond acceptors (Lipinski definition) is 8. The van der Waals surface area contributed by atoms with Crippen molar-refractivity contribution in [3.8, 4) is 16.9 Å². The molecule has 1 aromatic carbocycles. The molecular formula is C27H35N7O. The van der Waals surface area contributed by atoms with E-state index in [1.165, 1.54) is 25.7 Å². The van der Waals surface area contributed by atoms with Gasteiger partial charge in [-0.05, 0) is 56.0 Å². The molecule has 0 N–H and O–H groups in total. The molecule has 0 radical (unpaired) electrons. The van der Waals surface area contributed by atoms with Crippen LogP contribution in [0.2, 0.25) is 0 Å². The Morgan fingerprint density at radius 1 is 0.943 bits per heavy atom. The SMILES string of the molecule is COc1ccc(-c2cnc(N(C)C)nc2[C@H]2CCCCN2Cc2ccnc(N3CCCC3)n2)cc1. The van der Waals surface area contributed by atoms with Gasteiger partial charge in [0.05, 0.1) is 24.5 Å². The van der Waals surface area contributed by atoms with Crippen molar-refractivity contribution in [3.63, 3.8) is 0 Å². The lowest BCUT2D eigenvalue weighted by Gasteiger charge is -2.36. The van der Waals surface area contributed by atoms with Crippen LogP contribution >= 0.6 is 0 Å². The van der Waals surface area contributed by atoms with Crippen LogP contribution in [-0.4, -0.2) is 65.7 Å². The largest absolute Gasteiger partial charge is 0.497 e. The van der Waals surface area contributed by atoms with E-state index in [1.807, 2.05) is 43.5 Å². The highest BCUT2D eigenvalue weighted by Gasteiger charge is 2.29. The zero-order valence-corrected chi connectivity index (χ0v) is 21.0. The van der Waals surface area contributed by atoms with Gasteiger partial charge in [-0.25, -0.2) is 19.9 Å². The summed E-state index contributed by atoms with van der Waals surface area (Å²) in [5, 5.41) is 0. The summed E-state index contributed by atoms with van der Waals surface area (Å²) in [6.07, 6.45) is 9.76. The molecule has 2 aromatic heterocycles. The second-order valence-electron chi connectivity index (χ2n) is 9.62. The second-order valence-corrected chi connectivity index (χ2v) is 9.62. The van der Waals surface area contributed by atoms with E-state index in [1.54, 1.807) is 7.11 Å². The summed E-state index contributed by atoms with van der Waals surface area (Å²) >= 11 is 0. The van der Waals surface area contributed by atoms with Crippen LogP contribution in [0.5, 0.6) is 5.75 Å². The third-order valence-corrected chi connectivity index (χ3v) is 6.99. The molecule has 0 spiro atoms. The standard InChI is InChI=1S/C27H35N7O/c1-32(2)26-29-18-23(20-9-11-22(35-3)12-10-20)25(31-26)24-8-4-5-17-34(24)19-21-13-14-28-27(30-21)33-15-6-7-16-33/h9-14,18,24H,4-8,15-17,19H2,1-3H3/t24-/m1/s1. The minimum absolute atomic E-state index is 0.202. The Labute approximate surface area is 208 Å². The van der Waals surface area contributed by atoms with E-state index >= 15 is 0 Å². The Kier molecular flexibility index (Phi) is 7.08. The topological polar surface area (TPSA) is 70.5 Å². The van der Waals surface area contributed by atoms with E-state index in [2.05, 4.69) is 38.0 Å². The quantitative estimate of drug-likeness (QED) is 0.502. The lowest BCUT2D eigenvalue weighted by molar-refractivity contribution is 0.136. The van der Waals surface area contributed by atoms with Gasteiger partial charge in [-0.2, -0.15) is 0 Å². The Morgan fingerprint density at radius 2 is 1.71 bits per heavy atom. The number of likely N-dealkylation sites (tertiary alicyclic amines) is 1. The molecule has 2 saturated heterocycles. The minimum atomic E-state index is 0.202. The van der Waals surface area contributed by atoms with E-state index in [0.717, 1.165) is 72.8 Å². The fourth-order valence-corrected chi connectivity index (χ4v) is 5.09. The molecule has 184 valence electrons. The number of piperidine rings is 1. The molecule has 5 rings (SSSR count). The van der Waals surface area contributed by atoms with Crippen molar-refractivity contribution in [3.05, 3.63) is 54.1 Å². The molecule has 2 fully saturated rings. The van der Waals surface area contributed by atoms with Gasteiger partial charge in [0, 0.05) is 51.7 Å². The van der Waals surface area contributed by atoms with Gasteiger partial charge in [-0.15, -0.1) is 0 Å². The Morgan fingerprint density at radius 3 is 2.46 bits per heavy atom. The van der Waals surface area contributed by atoms with Crippen LogP contribution in [0.4, 0.5) is 11.9 Å². The summed E-state index contributed by atoms with van der Waals surface area (Å²) in [6, 6.07) is 10.4. The third kappa shape index (κ3) is 5.22. The van der Waals surface area contributed by atoms with Crippen LogP contribution in [0.15, 0.2) is 42.7 Å². The van der Waals surface area contributed by atoms with Crippen LogP contribution in [0.3, 0.4) is 0 Å². The predicted octanol–water partition coefficient (Wildman–Crippen LogP) is 4.34. The average Bonchev–Trinajstić information content (AvgIpc) is 3.44. The molecule has 0 saturated carbocycles. The van der Waals surface area contributed by atoms with Gasteiger partial charge in [0.1, 0.15) is 5.75 Å². The van der Waals surface area contributed by atoms with Gasteiger partial charge in [-0.3, -0.25) is 4.90 Å². The minimum Gasteiger partial charge on any atom is -0.497 e. The normalized spacial score (nSPS) is 18.6. The van der Waals surface area contributed by atoms with Crippen LogP contribution in [-0.2, 0) is 6.54 Å². The van der Waals surface area contributed by atoms with Crippen molar-refractivity contribution in [1.29, 1.82) is 0 Å².